The van der Waals surface area contributed by atoms with Gasteiger partial charge in [0.2, 0.25) is 2.57 Å². The van der Waals surface area contributed by atoms with Crippen molar-refractivity contribution in [1.82, 2.24) is 0 Å². The largest absolute Gasteiger partial charge is 0.385 e. The standard InChI is InChI=1S/C10H11Br2ClO3S/c1-2-17(15,16)10(11,12)9(14)7-3-5-8(13)6-4-7/h3-6,9,14H,2H2,1H3/t9-/m0/s1. The molecule has 0 fully saturated rings. The van der Waals surface area contributed by atoms with Crippen molar-refractivity contribution in [3.63, 3.8) is 0 Å². The molecule has 0 spiro atoms. The van der Waals surface area contributed by atoms with E-state index in [0.29, 0.717) is 10.6 Å². The highest BCUT2D eigenvalue weighted by Gasteiger charge is 2.45. The third-order valence-electron chi connectivity index (χ3n) is 2.30. The van der Waals surface area contributed by atoms with Crippen LogP contribution in [-0.2, 0) is 9.84 Å². The second-order valence-electron chi connectivity index (χ2n) is 3.42. The summed E-state index contributed by atoms with van der Waals surface area (Å²) in [5.74, 6) is -0.0891. The van der Waals surface area contributed by atoms with Crippen LogP contribution in [0.15, 0.2) is 24.3 Å². The molecule has 96 valence electrons. The molecule has 1 N–H and O–H groups in total. The molecule has 0 saturated heterocycles. The Balaban J connectivity index is 3.12. The zero-order chi connectivity index (χ0) is 13.3. The van der Waals surface area contributed by atoms with Gasteiger partial charge in [0, 0.05) is 10.8 Å². The lowest BCUT2D eigenvalue weighted by atomic mass is 10.1. The molecule has 0 aliphatic heterocycles. The number of benzene rings is 1. The predicted molar refractivity (Wildman–Crippen MR) is 76.5 cm³/mol. The molecule has 0 radical (unpaired) electrons. The molecule has 0 aliphatic carbocycles. The van der Waals surface area contributed by atoms with Crippen molar-refractivity contribution >= 4 is 53.3 Å². The van der Waals surface area contributed by atoms with Gasteiger partial charge in [-0.25, -0.2) is 8.42 Å². The second kappa shape index (κ2) is 5.57. The maximum Gasteiger partial charge on any atom is 0.210 e. The van der Waals surface area contributed by atoms with Crippen LogP contribution in [0.1, 0.15) is 18.6 Å². The van der Waals surface area contributed by atoms with E-state index >= 15 is 0 Å². The number of alkyl halides is 2. The van der Waals surface area contributed by atoms with Gasteiger partial charge in [-0.2, -0.15) is 0 Å². The number of hydrogen-bond donors (Lipinski definition) is 1. The molecule has 0 amide bonds. The third-order valence-corrected chi connectivity index (χ3v) is 8.19. The van der Waals surface area contributed by atoms with Crippen LogP contribution in [0.3, 0.4) is 0 Å². The zero-order valence-corrected chi connectivity index (χ0v) is 13.6. The molecule has 1 atom stereocenters. The van der Waals surface area contributed by atoms with E-state index in [1.807, 2.05) is 0 Å². The van der Waals surface area contributed by atoms with Gasteiger partial charge in [-0.3, -0.25) is 0 Å². The van der Waals surface area contributed by atoms with Gasteiger partial charge in [-0.1, -0.05) is 62.5 Å². The first-order valence-electron chi connectivity index (χ1n) is 4.76. The Hall–Kier alpha value is 0.380. The van der Waals surface area contributed by atoms with E-state index in [9.17, 15) is 13.5 Å². The van der Waals surface area contributed by atoms with Crippen LogP contribution >= 0.6 is 43.5 Å². The van der Waals surface area contributed by atoms with Crippen molar-refractivity contribution in [1.29, 1.82) is 0 Å². The van der Waals surface area contributed by atoms with Crippen molar-refractivity contribution in [3.05, 3.63) is 34.9 Å². The Morgan fingerprint density at radius 3 is 2.24 bits per heavy atom. The molecule has 0 saturated carbocycles. The second-order valence-corrected chi connectivity index (χ2v) is 10.9. The van der Waals surface area contributed by atoms with Gasteiger partial charge < -0.3 is 5.11 Å². The van der Waals surface area contributed by atoms with Crippen LogP contribution in [-0.4, -0.2) is 21.8 Å². The normalized spacial score (nSPS) is 14.6. The third kappa shape index (κ3) is 3.23. The van der Waals surface area contributed by atoms with Crippen LogP contribution in [0.4, 0.5) is 0 Å². The Labute approximate surface area is 122 Å². The maximum atomic E-state index is 11.8. The minimum Gasteiger partial charge on any atom is -0.385 e. The van der Waals surface area contributed by atoms with Crippen molar-refractivity contribution in [2.24, 2.45) is 0 Å². The van der Waals surface area contributed by atoms with Gasteiger partial charge in [0.15, 0.2) is 9.84 Å². The minimum absolute atomic E-state index is 0.0891. The number of halogens is 3. The van der Waals surface area contributed by atoms with E-state index in [2.05, 4.69) is 31.9 Å². The lowest BCUT2D eigenvalue weighted by Gasteiger charge is -2.26. The lowest BCUT2D eigenvalue weighted by molar-refractivity contribution is 0.189. The summed E-state index contributed by atoms with van der Waals surface area (Å²) >= 11 is 11.8. The molecule has 1 rings (SSSR count). The SMILES string of the molecule is CCS(=O)(=O)C(Br)(Br)[C@@H](O)c1ccc(Cl)cc1. The summed E-state index contributed by atoms with van der Waals surface area (Å²) in [4.78, 5) is 0. The molecule has 17 heavy (non-hydrogen) atoms. The molecular formula is C10H11Br2ClO3S. The first-order chi connectivity index (χ1) is 7.72. The summed E-state index contributed by atoms with van der Waals surface area (Å²) in [7, 11) is -3.50. The zero-order valence-electron chi connectivity index (χ0n) is 8.90. The van der Waals surface area contributed by atoms with Crippen molar-refractivity contribution in [3.8, 4) is 0 Å². The van der Waals surface area contributed by atoms with Gasteiger partial charge >= 0.3 is 0 Å². The van der Waals surface area contributed by atoms with E-state index in [1.54, 1.807) is 24.3 Å². The van der Waals surface area contributed by atoms with E-state index in [1.165, 1.54) is 6.92 Å². The molecule has 0 aromatic heterocycles. The molecule has 0 unspecified atom stereocenters. The number of rotatable bonds is 4. The van der Waals surface area contributed by atoms with E-state index in [4.69, 9.17) is 11.6 Å². The molecule has 1 aromatic carbocycles. The van der Waals surface area contributed by atoms with Gasteiger partial charge in [0.25, 0.3) is 0 Å². The number of sulfone groups is 1. The van der Waals surface area contributed by atoms with Crippen LogP contribution < -0.4 is 0 Å². The Bertz CT molecular complexity index is 485. The Kier molecular flexibility index (Phi) is 5.06. The van der Waals surface area contributed by atoms with Crippen molar-refractivity contribution in [2.45, 2.75) is 15.6 Å². The summed E-state index contributed by atoms with van der Waals surface area (Å²) in [6, 6.07) is 6.34. The highest BCUT2D eigenvalue weighted by atomic mass is 79.9. The topological polar surface area (TPSA) is 54.4 Å². The first kappa shape index (κ1) is 15.4. The van der Waals surface area contributed by atoms with E-state index in [-0.39, 0.29) is 5.75 Å². The molecule has 0 heterocycles. The van der Waals surface area contributed by atoms with Crippen LogP contribution in [0.5, 0.6) is 0 Å². The minimum atomic E-state index is -3.50. The lowest BCUT2D eigenvalue weighted by Crippen LogP contribution is -2.33. The number of aliphatic hydroxyl groups excluding tert-OH is 1. The fraction of sp³-hybridized carbons (Fsp3) is 0.400. The predicted octanol–water partition coefficient (Wildman–Crippen LogP) is 3.25. The molecule has 3 nitrogen and oxygen atoms in total. The molecule has 1 aromatic rings. The maximum absolute atomic E-state index is 11.8. The number of aliphatic hydroxyl groups is 1. The van der Waals surface area contributed by atoms with Crippen LogP contribution in [0, 0.1) is 0 Å². The van der Waals surface area contributed by atoms with Gasteiger partial charge in [-0.05, 0) is 17.7 Å². The fourth-order valence-electron chi connectivity index (χ4n) is 1.20. The molecular weight excluding hydrogens is 395 g/mol. The smallest absolute Gasteiger partial charge is 0.210 e. The Morgan fingerprint density at radius 1 is 1.35 bits per heavy atom. The van der Waals surface area contributed by atoms with Crippen LogP contribution in [0.2, 0.25) is 5.02 Å². The highest BCUT2D eigenvalue weighted by Crippen LogP contribution is 2.44. The monoisotopic (exact) mass is 404 g/mol. The van der Waals surface area contributed by atoms with Gasteiger partial charge in [0.05, 0.1) is 0 Å². The van der Waals surface area contributed by atoms with Crippen molar-refractivity contribution < 1.29 is 13.5 Å². The number of hydrogen-bond acceptors (Lipinski definition) is 3. The average molecular weight is 407 g/mol. The fourth-order valence-corrected chi connectivity index (χ4v) is 4.09. The van der Waals surface area contributed by atoms with Crippen LogP contribution in [0.25, 0.3) is 0 Å². The first-order valence-corrected chi connectivity index (χ1v) is 8.37. The molecule has 7 heteroatoms. The summed E-state index contributed by atoms with van der Waals surface area (Å²) in [5, 5.41) is 10.6. The average Bonchev–Trinajstić information content (AvgIpc) is 2.28. The van der Waals surface area contributed by atoms with Gasteiger partial charge in [0.1, 0.15) is 6.10 Å². The van der Waals surface area contributed by atoms with Gasteiger partial charge in [-0.15, -0.1) is 0 Å². The van der Waals surface area contributed by atoms with E-state index in [0.717, 1.165) is 0 Å². The summed E-state index contributed by atoms with van der Waals surface area (Å²) in [5.41, 5.74) is 0.458. The van der Waals surface area contributed by atoms with Crippen molar-refractivity contribution in [2.75, 3.05) is 5.75 Å². The summed E-state index contributed by atoms with van der Waals surface area (Å²) < 4.78 is 22.1. The molecule has 0 bridgehead atoms. The quantitative estimate of drug-likeness (QED) is 0.781. The Morgan fingerprint density at radius 2 is 1.82 bits per heavy atom. The molecule has 0 aliphatic rings. The van der Waals surface area contributed by atoms with E-state index < -0.39 is 18.5 Å². The highest BCUT2D eigenvalue weighted by molar-refractivity contribution is 9.28. The summed E-state index contributed by atoms with van der Waals surface area (Å²) in [6.45, 7) is 1.52. The summed E-state index contributed by atoms with van der Waals surface area (Å²) in [6.07, 6.45) is -1.23.